The minimum atomic E-state index is 0.180. The van der Waals surface area contributed by atoms with E-state index in [0.717, 1.165) is 47.6 Å². The van der Waals surface area contributed by atoms with Crippen LogP contribution in [0.1, 0.15) is 64.2 Å². The third kappa shape index (κ3) is 2.15. The lowest BCUT2D eigenvalue weighted by atomic mass is 9.51. The smallest absolute Gasteiger partial charge is 0.0456 e. The molecule has 8 bridgehead atoms. The molecule has 4 atom stereocenters. The lowest BCUT2D eigenvalue weighted by Crippen LogP contribution is -2.66. The van der Waals surface area contributed by atoms with Crippen molar-refractivity contribution in [3.8, 4) is 0 Å². The van der Waals surface area contributed by atoms with Gasteiger partial charge < -0.3 is 5.32 Å². The molecule has 0 saturated heterocycles. The Balaban J connectivity index is 1.24. The summed E-state index contributed by atoms with van der Waals surface area (Å²) in [7, 11) is 0. The van der Waals surface area contributed by atoms with Crippen molar-refractivity contribution in [2.24, 2.45) is 35.5 Å². The number of hydrogen-bond acceptors (Lipinski definition) is 1. The second kappa shape index (κ2) is 4.63. The molecule has 0 aromatic heterocycles. The Morgan fingerprint density at radius 2 is 0.913 bits per heavy atom. The van der Waals surface area contributed by atoms with E-state index in [9.17, 15) is 0 Å². The second-order valence-electron chi connectivity index (χ2n) is 10.5. The molecule has 8 aliphatic rings. The molecule has 0 heterocycles. The number of halogens is 2. The van der Waals surface area contributed by atoms with Gasteiger partial charge >= 0.3 is 0 Å². The van der Waals surface area contributed by atoms with Gasteiger partial charge in [0.2, 0.25) is 0 Å². The first-order valence-electron chi connectivity index (χ1n) is 10.1. The highest BCUT2D eigenvalue weighted by molar-refractivity contribution is 6.24. The van der Waals surface area contributed by atoms with E-state index >= 15 is 0 Å². The average Bonchev–Trinajstić information content (AvgIpc) is 2.41. The topological polar surface area (TPSA) is 12.0 Å². The molecule has 1 nitrogen and oxygen atoms in total. The zero-order valence-corrected chi connectivity index (χ0v) is 15.5. The van der Waals surface area contributed by atoms with Crippen LogP contribution in [0.15, 0.2) is 0 Å². The highest BCUT2D eigenvalue weighted by atomic mass is 35.5. The van der Waals surface area contributed by atoms with Crippen LogP contribution >= 0.6 is 23.2 Å². The molecular formula is C20H29Cl2N. The third-order valence-corrected chi connectivity index (χ3v) is 9.71. The van der Waals surface area contributed by atoms with Crippen molar-refractivity contribution in [3.63, 3.8) is 0 Å². The lowest BCUT2D eigenvalue weighted by molar-refractivity contribution is -0.0458. The standard InChI is InChI=1S/C20H29Cl2N/c21-19-5-11-1-13(7-19)17(14(2-11)8-19)23-18-15-3-12-4-16(18)10-20(22,6-12)9-15/h11-18,23H,1-10H2. The maximum absolute atomic E-state index is 6.93. The van der Waals surface area contributed by atoms with Gasteiger partial charge in [-0.25, -0.2) is 0 Å². The highest BCUT2D eigenvalue weighted by Gasteiger charge is 2.58. The van der Waals surface area contributed by atoms with Crippen LogP contribution in [0.4, 0.5) is 0 Å². The van der Waals surface area contributed by atoms with Crippen molar-refractivity contribution < 1.29 is 0 Å². The predicted octanol–water partition coefficient (Wildman–Crippen LogP) is 4.95. The summed E-state index contributed by atoms with van der Waals surface area (Å²) in [4.78, 5) is 0.359. The van der Waals surface area contributed by atoms with Crippen molar-refractivity contribution in [3.05, 3.63) is 0 Å². The Bertz CT molecular complexity index is 456. The van der Waals surface area contributed by atoms with Gasteiger partial charge in [0, 0.05) is 21.8 Å². The van der Waals surface area contributed by atoms with E-state index in [-0.39, 0.29) is 9.75 Å². The molecule has 8 fully saturated rings. The monoisotopic (exact) mass is 353 g/mol. The summed E-state index contributed by atoms with van der Waals surface area (Å²) < 4.78 is 0. The third-order valence-electron chi connectivity index (χ3n) is 8.78. The Kier molecular flexibility index (Phi) is 2.95. The summed E-state index contributed by atoms with van der Waals surface area (Å²) in [5, 5.41) is 4.26. The van der Waals surface area contributed by atoms with E-state index in [4.69, 9.17) is 23.2 Å². The molecule has 0 aromatic carbocycles. The number of alkyl halides is 2. The first-order chi connectivity index (χ1) is 11.0. The van der Waals surface area contributed by atoms with E-state index in [2.05, 4.69) is 5.32 Å². The SMILES string of the molecule is ClC12CC3CC(C1)C(NC1C4CC5CC1CC(Cl)(C5)C4)C(C3)C2. The van der Waals surface area contributed by atoms with E-state index in [1.807, 2.05) is 0 Å². The fourth-order valence-corrected chi connectivity index (χ4v) is 9.85. The average molecular weight is 354 g/mol. The minimum Gasteiger partial charge on any atom is -0.310 e. The maximum Gasteiger partial charge on any atom is 0.0456 e. The van der Waals surface area contributed by atoms with Crippen LogP contribution in [-0.4, -0.2) is 21.8 Å². The van der Waals surface area contributed by atoms with Gasteiger partial charge in [0.1, 0.15) is 0 Å². The Hall–Kier alpha value is 0.540. The van der Waals surface area contributed by atoms with Gasteiger partial charge in [-0.1, -0.05) is 0 Å². The van der Waals surface area contributed by atoms with Crippen LogP contribution in [0.2, 0.25) is 0 Å². The van der Waals surface area contributed by atoms with Crippen LogP contribution in [0, 0.1) is 35.5 Å². The quantitative estimate of drug-likeness (QED) is 0.692. The van der Waals surface area contributed by atoms with E-state index in [1.165, 1.54) is 64.2 Å². The van der Waals surface area contributed by atoms with Crippen molar-refractivity contribution >= 4 is 23.2 Å². The van der Waals surface area contributed by atoms with Crippen LogP contribution in [0.5, 0.6) is 0 Å². The Morgan fingerprint density at radius 3 is 1.22 bits per heavy atom. The van der Waals surface area contributed by atoms with Gasteiger partial charge in [-0.15, -0.1) is 23.2 Å². The molecule has 128 valence electrons. The summed E-state index contributed by atoms with van der Waals surface area (Å²) in [6.45, 7) is 0. The summed E-state index contributed by atoms with van der Waals surface area (Å²) in [6, 6.07) is 1.54. The van der Waals surface area contributed by atoms with Crippen molar-refractivity contribution in [2.45, 2.75) is 86.0 Å². The largest absolute Gasteiger partial charge is 0.310 e. The predicted molar refractivity (Wildman–Crippen MR) is 95.0 cm³/mol. The van der Waals surface area contributed by atoms with Gasteiger partial charge in [-0.3, -0.25) is 0 Å². The van der Waals surface area contributed by atoms with Crippen molar-refractivity contribution in [1.82, 2.24) is 5.32 Å². The van der Waals surface area contributed by atoms with Crippen molar-refractivity contribution in [2.75, 3.05) is 0 Å². The van der Waals surface area contributed by atoms with Gasteiger partial charge in [-0.2, -0.15) is 0 Å². The van der Waals surface area contributed by atoms with E-state index < -0.39 is 0 Å². The molecule has 0 radical (unpaired) electrons. The number of rotatable bonds is 2. The molecule has 0 spiro atoms. The zero-order chi connectivity index (χ0) is 15.4. The molecule has 8 aliphatic carbocycles. The lowest BCUT2D eigenvalue weighted by Gasteiger charge is -2.62. The molecule has 0 amide bonds. The van der Waals surface area contributed by atoms with Crippen LogP contribution < -0.4 is 5.32 Å². The molecule has 23 heavy (non-hydrogen) atoms. The number of hydrogen-bond donors (Lipinski definition) is 1. The first-order valence-corrected chi connectivity index (χ1v) is 10.9. The molecule has 4 unspecified atom stereocenters. The summed E-state index contributed by atoms with van der Waals surface area (Å²) in [6.07, 6.45) is 13.5. The van der Waals surface area contributed by atoms with E-state index in [0.29, 0.717) is 0 Å². The fourth-order valence-electron chi connectivity index (χ4n) is 8.62. The molecule has 0 aliphatic heterocycles. The molecule has 0 aromatic rings. The molecule has 3 heteroatoms. The normalized spacial score (nSPS) is 65.5. The Labute approximate surface area is 150 Å². The second-order valence-corrected chi connectivity index (χ2v) is 12.1. The molecule has 1 N–H and O–H groups in total. The van der Waals surface area contributed by atoms with E-state index in [1.54, 1.807) is 0 Å². The van der Waals surface area contributed by atoms with Gasteiger partial charge in [0.15, 0.2) is 0 Å². The van der Waals surface area contributed by atoms with Gasteiger partial charge in [0.05, 0.1) is 0 Å². The fraction of sp³-hybridized carbons (Fsp3) is 1.00. The molecular weight excluding hydrogens is 325 g/mol. The number of nitrogens with one attached hydrogen (secondary N) is 1. The summed E-state index contributed by atoms with van der Waals surface area (Å²) >= 11 is 13.9. The zero-order valence-electron chi connectivity index (χ0n) is 13.9. The minimum absolute atomic E-state index is 0.180. The Morgan fingerprint density at radius 1 is 0.565 bits per heavy atom. The van der Waals surface area contributed by atoms with Crippen LogP contribution in [-0.2, 0) is 0 Å². The van der Waals surface area contributed by atoms with Crippen molar-refractivity contribution in [1.29, 1.82) is 0 Å². The van der Waals surface area contributed by atoms with Crippen LogP contribution in [0.3, 0.4) is 0 Å². The first kappa shape index (κ1) is 14.7. The van der Waals surface area contributed by atoms with Gasteiger partial charge in [-0.05, 0) is 99.7 Å². The summed E-state index contributed by atoms with van der Waals surface area (Å²) in [5.74, 6) is 5.32. The maximum atomic E-state index is 6.93. The summed E-state index contributed by atoms with van der Waals surface area (Å²) in [5.41, 5.74) is 0. The van der Waals surface area contributed by atoms with Crippen LogP contribution in [0.25, 0.3) is 0 Å². The highest BCUT2D eigenvalue weighted by Crippen LogP contribution is 2.61. The molecule has 8 rings (SSSR count). The van der Waals surface area contributed by atoms with Gasteiger partial charge in [0.25, 0.3) is 0 Å². The molecule has 8 saturated carbocycles.